The van der Waals surface area contributed by atoms with E-state index in [0.29, 0.717) is 29.9 Å². The van der Waals surface area contributed by atoms with Gasteiger partial charge in [-0.25, -0.2) is 8.42 Å². The molecule has 2 atom stereocenters. The minimum absolute atomic E-state index is 0.149. The molecular weight excluding hydrogens is 280 g/mol. The second-order valence-corrected chi connectivity index (χ2v) is 7.33. The predicted molar refractivity (Wildman–Crippen MR) is 75.9 cm³/mol. The van der Waals surface area contributed by atoms with Crippen molar-refractivity contribution in [2.45, 2.75) is 30.6 Å². The maximum atomic E-state index is 12.1. The molecule has 1 heterocycles. The van der Waals surface area contributed by atoms with E-state index >= 15 is 0 Å². The van der Waals surface area contributed by atoms with Crippen LogP contribution in [-0.2, 0) is 9.84 Å². The maximum absolute atomic E-state index is 12.1. The topological polar surface area (TPSA) is 72.8 Å². The molecule has 0 bridgehead atoms. The summed E-state index contributed by atoms with van der Waals surface area (Å²) in [7, 11) is -0.209. The van der Waals surface area contributed by atoms with Gasteiger partial charge >= 0.3 is 0 Å². The Labute approximate surface area is 119 Å². The molecule has 0 saturated carbocycles. The minimum Gasteiger partial charge on any atom is -0.497 e. The van der Waals surface area contributed by atoms with Gasteiger partial charge in [-0.1, -0.05) is 6.42 Å². The molecule has 0 aliphatic carbocycles. The van der Waals surface area contributed by atoms with Crippen LogP contribution >= 0.6 is 0 Å². The van der Waals surface area contributed by atoms with E-state index in [1.165, 1.54) is 14.2 Å². The van der Waals surface area contributed by atoms with Gasteiger partial charge in [0, 0.05) is 6.07 Å². The second-order valence-electron chi connectivity index (χ2n) is 4.99. The highest BCUT2D eigenvalue weighted by atomic mass is 32.2. The number of methoxy groups -OCH3 is 2. The first-order chi connectivity index (χ1) is 9.47. The average molecular weight is 300 g/mol. The minimum atomic E-state index is -3.24. The molecule has 0 spiro atoms. The van der Waals surface area contributed by atoms with E-state index in [1.807, 2.05) is 0 Å². The van der Waals surface area contributed by atoms with E-state index in [0.717, 1.165) is 6.42 Å². The Morgan fingerprint density at radius 1 is 1.15 bits per heavy atom. The van der Waals surface area contributed by atoms with E-state index in [-0.39, 0.29) is 5.75 Å². The van der Waals surface area contributed by atoms with Crippen LogP contribution in [0.15, 0.2) is 18.2 Å². The highest BCUT2D eigenvalue weighted by Crippen LogP contribution is 2.34. The number of aliphatic hydroxyl groups excluding tert-OH is 1. The van der Waals surface area contributed by atoms with Gasteiger partial charge in [-0.3, -0.25) is 0 Å². The maximum Gasteiger partial charge on any atom is 0.156 e. The normalized spacial score (nSPS) is 23.1. The largest absolute Gasteiger partial charge is 0.497 e. The first-order valence-corrected chi connectivity index (χ1v) is 8.32. The molecule has 1 aliphatic heterocycles. The number of ether oxygens (including phenoxy) is 2. The Hall–Kier alpha value is -1.27. The number of aliphatic hydroxyl groups is 1. The smallest absolute Gasteiger partial charge is 0.156 e. The molecule has 5 nitrogen and oxygen atoms in total. The SMILES string of the molecule is COc1cc(OC)cc(C(O)C2CCCCS2(=O)=O)c1. The van der Waals surface area contributed by atoms with Crippen molar-refractivity contribution in [3.05, 3.63) is 23.8 Å². The lowest BCUT2D eigenvalue weighted by Gasteiger charge is -2.27. The van der Waals surface area contributed by atoms with Gasteiger partial charge in [0.1, 0.15) is 11.5 Å². The van der Waals surface area contributed by atoms with E-state index in [9.17, 15) is 13.5 Å². The van der Waals surface area contributed by atoms with Crippen molar-refractivity contribution in [3.8, 4) is 11.5 Å². The van der Waals surface area contributed by atoms with Gasteiger partial charge in [-0.15, -0.1) is 0 Å². The Bertz CT molecular complexity index is 545. The highest BCUT2D eigenvalue weighted by molar-refractivity contribution is 7.92. The summed E-state index contributed by atoms with van der Waals surface area (Å²) < 4.78 is 34.5. The molecule has 1 aromatic rings. The van der Waals surface area contributed by atoms with Crippen molar-refractivity contribution in [3.63, 3.8) is 0 Å². The third-order valence-corrected chi connectivity index (χ3v) is 5.97. The number of hydrogen-bond donors (Lipinski definition) is 1. The van der Waals surface area contributed by atoms with Gasteiger partial charge in [-0.05, 0) is 30.5 Å². The molecule has 0 amide bonds. The van der Waals surface area contributed by atoms with Crippen molar-refractivity contribution in [2.75, 3.05) is 20.0 Å². The van der Waals surface area contributed by atoms with Crippen LogP contribution in [0.5, 0.6) is 11.5 Å². The van der Waals surface area contributed by atoms with Gasteiger partial charge in [0.25, 0.3) is 0 Å². The lowest BCUT2D eigenvalue weighted by molar-refractivity contribution is 0.163. The zero-order valence-corrected chi connectivity index (χ0v) is 12.5. The summed E-state index contributed by atoms with van der Waals surface area (Å²) in [5.41, 5.74) is 0.511. The molecule has 2 rings (SSSR count). The standard InChI is InChI=1S/C14H20O5S/c1-18-11-7-10(8-12(9-11)19-2)14(15)13-5-3-4-6-20(13,16)17/h7-9,13-15H,3-6H2,1-2H3. The number of hydrogen-bond acceptors (Lipinski definition) is 5. The van der Waals surface area contributed by atoms with Gasteiger partial charge in [0.05, 0.1) is 31.3 Å². The fourth-order valence-electron chi connectivity index (χ4n) is 2.55. The zero-order valence-electron chi connectivity index (χ0n) is 11.7. The summed E-state index contributed by atoms with van der Waals surface area (Å²) in [5.74, 6) is 1.22. The fourth-order valence-corrected chi connectivity index (χ4v) is 4.53. The van der Waals surface area contributed by atoms with E-state index < -0.39 is 21.2 Å². The van der Waals surface area contributed by atoms with Crippen molar-refractivity contribution in [2.24, 2.45) is 0 Å². The zero-order chi connectivity index (χ0) is 14.8. The Balaban J connectivity index is 2.34. The van der Waals surface area contributed by atoms with Crippen LogP contribution in [0.25, 0.3) is 0 Å². The summed E-state index contributed by atoms with van der Waals surface area (Å²) >= 11 is 0. The highest BCUT2D eigenvalue weighted by Gasteiger charge is 2.35. The Kier molecular flexibility index (Phi) is 4.55. The molecule has 112 valence electrons. The van der Waals surface area contributed by atoms with Crippen molar-refractivity contribution in [1.82, 2.24) is 0 Å². The molecule has 1 aliphatic rings. The van der Waals surface area contributed by atoms with Gasteiger partial charge in [-0.2, -0.15) is 0 Å². The predicted octanol–water partition coefficient (Wildman–Crippen LogP) is 1.70. The van der Waals surface area contributed by atoms with Crippen LogP contribution in [0.2, 0.25) is 0 Å². The van der Waals surface area contributed by atoms with Crippen LogP contribution in [0.1, 0.15) is 30.9 Å². The Morgan fingerprint density at radius 2 is 1.75 bits per heavy atom. The van der Waals surface area contributed by atoms with Crippen LogP contribution in [-0.4, -0.2) is 38.7 Å². The fraction of sp³-hybridized carbons (Fsp3) is 0.571. The number of rotatable bonds is 4. The van der Waals surface area contributed by atoms with Gasteiger partial charge < -0.3 is 14.6 Å². The first kappa shape index (κ1) is 15.1. The first-order valence-electron chi connectivity index (χ1n) is 6.60. The number of benzene rings is 1. The van der Waals surface area contributed by atoms with Crippen LogP contribution in [0.4, 0.5) is 0 Å². The molecule has 0 radical (unpaired) electrons. The van der Waals surface area contributed by atoms with Crippen molar-refractivity contribution >= 4 is 9.84 Å². The average Bonchev–Trinajstić information content (AvgIpc) is 2.45. The quantitative estimate of drug-likeness (QED) is 0.916. The van der Waals surface area contributed by atoms with Crippen LogP contribution in [0.3, 0.4) is 0 Å². The lowest BCUT2D eigenvalue weighted by atomic mass is 10.0. The summed E-state index contributed by atoms with van der Waals surface area (Å²) in [4.78, 5) is 0. The molecule has 1 saturated heterocycles. The van der Waals surface area contributed by atoms with E-state index in [2.05, 4.69) is 0 Å². The number of sulfone groups is 1. The molecule has 20 heavy (non-hydrogen) atoms. The molecule has 1 aromatic carbocycles. The molecular formula is C14H20O5S. The molecule has 1 N–H and O–H groups in total. The van der Waals surface area contributed by atoms with Crippen LogP contribution in [0, 0.1) is 0 Å². The molecule has 2 unspecified atom stereocenters. The summed E-state index contributed by atoms with van der Waals surface area (Å²) in [6.45, 7) is 0. The van der Waals surface area contributed by atoms with Crippen molar-refractivity contribution in [1.29, 1.82) is 0 Å². The van der Waals surface area contributed by atoms with Gasteiger partial charge in [0.15, 0.2) is 9.84 Å². The molecule has 6 heteroatoms. The lowest BCUT2D eigenvalue weighted by Crippen LogP contribution is -2.33. The van der Waals surface area contributed by atoms with Crippen LogP contribution < -0.4 is 9.47 Å². The van der Waals surface area contributed by atoms with E-state index in [4.69, 9.17) is 9.47 Å². The molecule has 1 fully saturated rings. The summed E-state index contributed by atoms with van der Waals surface area (Å²) in [6.07, 6.45) is 0.933. The molecule has 0 aromatic heterocycles. The summed E-state index contributed by atoms with van der Waals surface area (Å²) in [6, 6.07) is 4.99. The summed E-state index contributed by atoms with van der Waals surface area (Å²) in [5, 5.41) is 9.69. The third-order valence-electron chi connectivity index (χ3n) is 3.70. The van der Waals surface area contributed by atoms with Crippen molar-refractivity contribution < 1.29 is 23.0 Å². The Morgan fingerprint density at radius 3 is 2.25 bits per heavy atom. The second kappa shape index (κ2) is 6.01. The van der Waals surface area contributed by atoms with Gasteiger partial charge in [0.2, 0.25) is 0 Å². The van der Waals surface area contributed by atoms with E-state index in [1.54, 1.807) is 18.2 Å². The third kappa shape index (κ3) is 3.07. The monoisotopic (exact) mass is 300 g/mol.